The number of carbonyl (C=O) groups is 1. The highest BCUT2D eigenvalue weighted by Gasteiger charge is 2.17. The van der Waals surface area contributed by atoms with E-state index in [1.54, 1.807) is 6.92 Å². The van der Waals surface area contributed by atoms with E-state index >= 15 is 0 Å². The first kappa shape index (κ1) is 11.4. The first-order chi connectivity index (χ1) is 7.68. The van der Waals surface area contributed by atoms with Gasteiger partial charge in [-0.3, -0.25) is 4.79 Å². The largest absolute Gasteiger partial charge is 0.295 e. The van der Waals surface area contributed by atoms with Crippen LogP contribution in [-0.2, 0) is 0 Å². The fourth-order valence-electron chi connectivity index (χ4n) is 2.77. The van der Waals surface area contributed by atoms with Gasteiger partial charge in [0.1, 0.15) is 0 Å². The van der Waals surface area contributed by atoms with Crippen molar-refractivity contribution >= 4 is 5.78 Å². The molecular formula is C15H20O. The van der Waals surface area contributed by atoms with E-state index in [9.17, 15) is 4.79 Å². The predicted molar refractivity (Wildman–Crippen MR) is 67.0 cm³/mol. The summed E-state index contributed by atoms with van der Waals surface area (Å²) in [5.41, 5.74) is 3.60. The maximum atomic E-state index is 11.3. The van der Waals surface area contributed by atoms with Crippen LogP contribution < -0.4 is 0 Å². The van der Waals surface area contributed by atoms with E-state index in [-0.39, 0.29) is 5.78 Å². The fourth-order valence-corrected chi connectivity index (χ4v) is 2.77. The molecule has 1 fully saturated rings. The molecule has 2 rings (SSSR count). The molecule has 1 saturated carbocycles. The van der Waals surface area contributed by atoms with E-state index in [1.807, 2.05) is 12.1 Å². The molecule has 0 spiro atoms. The molecule has 1 aliphatic carbocycles. The number of aryl methyl sites for hydroxylation is 1. The van der Waals surface area contributed by atoms with E-state index in [0.717, 1.165) is 11.5 Å². The highest BCUT2D eigenvalue weighted by molar-refractivity contribution is 5.94. The van der Waals surface area contributed by atoms with Crippen molar-refractivity contribution in [2.24, 2.45) is 0 Å². The lowest BCUT2D eigenvalue weighted by Gasteiger charge is -2.23. The molecule has 16 heavy (non-hydrogen) atoms. The van der Waals surface area contributed by atoms with Gasteiger partial charge in [0.25, 0.3) is 0 Å². The Kier molecular flexibility index (Phi) is 3.42. The zero-order valence-corrected chi connectivity index (χ0v) is 10.3. The minimum Gasteiger partial charge on any atom is -0.295 e. The molecule has 1 aromatic rings. The van der Waals surface area contributed by atoms with E-state index in [0.29, 0.717) is 0 Å². The molecule has 0 aliphatic heterocycles. The maximum absolute atomic E-state index is 11.3. The number of Topliss-reactive ketones (excluding diaryl/α,β-unsaturated/α-hetero) is 1. The average Bonchev–Trinajstić information content (AvgIpc) is 2.30. The molecule has 0 bridgehead atoms. The molecule has 86 valence electrons. The Morgan fingerprint density at radius 2 is 1.88 bits per heavy atom. The number of hydrogen-bond acceptors (Lipinski definition) is 1. The number of benzene rings is 1. The van der Waals surface area contributed by atoms with Crippen LogP contribution in [0.4, 0.5) is 0 Å². The summed E-state index contributed by atoms with van der Waals surface area (Å²) in [5, 5.41) is 0. The van der Waals surface area contributed by atoms with Gasteiger partial charge in [0, 0.05) is 5.56 Å². The van der Waals surface area contributed by atoms with Gasteiger partial charge in [-0.15, -0.1) is 0 Å². The minimum atomic E-state index is 0.165. The molecule has 1 heteroatoms. The summed E-state index contributed by atoms with van der Waals surface area (Å²) in [6, 6.07) is 6.20. The average molecular weight is 216 g/mol. The van der Waals surface area contributed by atoms with Crippen LogP contribution in [0.1, 0.15) is 66.4 Å². The third-order valence-electron chi connectivity index (χ3n) is 3.72. The van der Waals surface area contributed by atoms with Crippen molar-refractivity contribution in [3.8, 4) is 0 Å². The van der Waals surface area contributed by atoms with Crippen LogP contribution >= 0.6 is 0 Å². The second-order valence-corrected chi connectivity index (χ2v) is 4.96. The second-order valence-electron chi connectivity index (χ2n) is 4.96. The molecule has 0 N–H and O–H groups in total. The zero-order chi connectivity index (χ0) is 11.5. The molecule has 0 amide bonds. The number of hydrogen-bond donors (Lipinski definition) is 0. The van der Waals surface area contributed by atoms with Crippen molar-refractivity contribution in [3.05, 3.63) is 34.9 Å². The van der Waals surface area contributed by atoms with Crippen LogP contribution in [0.15, 0.2) is 18.2 Å². The molecule has 0 radical (unpaired) electrons. The smallest absolute Gasteiger partial charge is 0.159 e. The van der Waals surface area contributed by atoms with Crippen molar-refractivity contribution < 1.29 is 4.79 Å². The second kappa shape index (κ2) is 4.82. The summed E-state index contributed by atoms with van der Waals surface area (Å²) >= 11 is 0. The first-order valence-corrected chi connectivity index (χ1v) is 6.30. The monoisotopic (exact) mass is 216 g/mol. The van der Waals surface area contributed by atoms with Gasteiger partial charge in [0.05, 0.1) is 0 Å². The Labute approximate surface area is 97.9 Å². The molecule has 0 saturated heterocycles. The highest BCUT2D eigenvalue weighted by atomic mass is 16.1. The van der Waals surface area contributed by atoms with Gasteiger partial charge in [-0.1, -0.05) is 31.4 Å². The lowest BCUT2D eigenvalue weighted by atomic mass is 9.82. The number of ketones is 1. The van der Waals surface area contributed by atoms with Crippen molar-refractivity contribution in [1.82, 2.24) is 0 Å². The Balaban J connectivity index is 2.24. The molecule has 0 aromatic heterocycles. The van der Waals surface area contributed by atoms with Crippen LogP contribution in [0.3, 0.4) is 0 Å². The lowest BCUT2D eigenvalue weighted by molar-refractivity contribution is 0.101. The van der Waals surface area contributed by atoms with Crippen LogP contribution in [0.5, 0.6) is 0 Å². The van der Waals surface area contributed by atoms with Gasteiger partial charge in [-0.25, -0.2) is 0 Å². The molecule has 0 heterocycles. The standard InChI is InChI=1S/C15H20O/c1-11-10-14(12(2)16)8-9-15(11)13-6-4-3-5-7-13/h8-10,13H,3-7H2,1-2H3. The normalized spacial score (nSPS) is 17.4. The molecule has 1 aromatic carbocycles. The SMILES string of the molecule is CC(=O)c1ccc(C2CCCCC2)c(C)c1. The third-order valence-corrected chi connectivity index (χ3v) is 3.72. The number of carbonyl (C=O) groups excluding carboxylic acids is 1. The molecular weight excluding hydrogens is 196 g/mol. The van der Waals surface area contributed by atoms with Gasteiger partial charge in [-0.2, -0.15) is 0 Å². The van der Waals surface area contributed by atoms with Crippen LogP contribution in [0, 0.1) is 6.92 Å². The first-order valence-electron chi connectivity index (χ1n) is 6.30. The predicted octanol–water partition coefficient (Wildman–Crippen LogP) is 4.25. The summed E-state index contributed by atoms with van der Waals surface area (Å²) in [6.45, 7) is 3.77. The van der Waals surface area contributed by atoms with Gasteiger partial charge >= 0.3 is 0 Å². The Morgan fingerprint density at radius 3 is 2.44 bits per heavy atom. The van der Waals surface area contributed by atoms with Crippen molar-refractivity contribution in [2.75, 3.05) is 0 Å². The van der Waals surface area contributed by atoms with Crippen LogP contribution in [0.2, 0.25) is 0 Å². The highest BCUT2D eigenvalue weighted by Crippen LogP contribution is 2.34. The quantitative estimate of drug-likeness (QED) is 0.675. The Morgan fingerprint density at radius 1 is 1.19 bits per heavy atom. The van der Waals surface area contributed by atoms with Crippen molar-refractivity contribution in [2.45, 2.75) is 51.9 Å². The third kappa shape index (κ3) is 2.34. The molecule has 0 unspecified atom stereocenters. The summed E-state index contributed by atoms with van der Waals surface area (Å²) in [5.74, 6) is 0.896. The van der Waals surface area contributed by atoms with Gasteiger partial charge in [-0.05, 0) is 49.8 Å². The van der Waals surface area contributed by atoms with Gasteiger partial charge in [0.15, 0.2) is 5.78 Å². The van der Waals surface area contributed by atoms with E-state index in [2.05, 4.69) is 13.0 Å². The minimum absolute atomic E-state index is 0.165. The summed E-state index contributed by atoms with van der Waals surface area (Å²) in [6.07, 6.45) is 6.75. The van der Waals surface area contributed by atoms with Crippen LogP contribution in [-0.4, -0.2) is 5.78 Å². The molecule has 1 aliphatic rings. The topological polar surface area (TPSA) is 17.1 Å². The number of rotatable bonds is 2. The maximum Gasteiger partial charge on any atom is 0.159 e. The van der Waals surface area contributed by atoms with E-state index in [1.165, 1.54) is 43.2 Å². The molecule has 1 nitrogen and oxygen atoms in total. The summed E-state index contributed by atoms with van der Waals surface area (Å²) in [4.78, 5) is 11.3. The van der Waals surface area contributed by atoms with Crippen molar-refractivity contribution in [3.63, 3.8) is 0 Å². The van der Waals surface area contributed by atoms with E-state index in [4.69, 9.17) is 0 Å². The van der Waals surface area contributed by atoms with Gasteiger partial charge < -0.3 is 0 Å². The van der Waals surface area contributed by atoms with Crippen molar-refractivity contribution in [1.29, 1.82) is 0 Å². The summed E-state index contributed by atoms with van der Waals surface area (Å²) < 4.78 is 0. The Bertz CT molecular complexity index is 386. The molecule has 0 atom stereocenters. The lowest BCUT2D eigenvalue weighted by Crippen LogP contribution is -2.07. The Hall–Kier alpha value is -1.11. The summed E-state index contributed by atoms with van der Waals surface area (Å²) in [7, 11) is 0. The van der Waals surface area contributed by atoms with Gasteiger partial charge in [0.2, 0.25) is 0 Å². The van der Waals surface area contributed by atoms with E-state index < -0.39 is 0 Å². The zero-order valence-electron chi connectivity index (χ0n) is 10.3. The van der Waals surface area contributed by atoms with Crippen LogP contribution in [0.25, 0.3) is 0 Å². The fraction of sp³-hybridized carbons (Fsp3) is 0.533.